The molecule has 1 aliphatic carbocycles. The van der Waals surface area contributed by atoms with Gasteiger partial charge in [-0.3, -0.25) is 0 Å². The van der Waals surface area contributed by atoms with Crippen LogP contribution in [0.4, 0.5) is 4.39 Å². The molecular weight excluding hydrogens is 295 g/mol. The van der Waals surface area contributed by atoms with Crippen LogP contribution < -0.4 is 0 Å². The summed E-state index contributed by atoms with van der Waals surface area (Å²) in [5, 5.41) is 10.5. The summed E-state index contributed by atoms with van der Waals surface area (Å²) in [5.74, 6) is -0.429. The Hall–Kier alpha value is -0.900. The van der Waals surface area contributed by atoms with E-state index in [4.69, 9.17) is 11.6 Å². The fourth-order valence-corrected chi connectivity index (χ4v) is 4.14. The van der Waals surface area contributed by atoms with Gasteiger partial charge in [-0.2, -0.15) is 0 Å². The lowest BCUT2D eigenvalue weighted by atomic mass is 9.98. The third-order valence-corrected chi connectivity index (χ3v) is 5.55. The first kappa shape index (κ1) is 14.1. The molecule has 0 saturated carbocycles. The quantitative estimate of drug-likeness (QED) is 0.871. The highest BCUT2D eigenvalue weighted by atomic mass is 35.5. The van der Waals surface area contributed by atoms with Crippen LogP contribution in [0.2, 0.25) is 5.02 Å². The molecule has 106 valence electrons. The number of fused-ring (bicyclic) bond motifs is 1. The van der Waals surface area contributed by atoms with Crippen LogP contribution in [0.3, 0.4) is 0 Å². The zero-order valence-corrected chi connectivity index (χ0v) is 12.6. The number of hydrogen-bond donors (Lipinski definition) is 1. The number of rotatable bonds is 3. The number of aryl methyl sites for hydroxylation is 2. The van der Waals surface area contributed by atoms with Crippen LogP contribution in [0.25, 0.3) is 0 Å². The van der Waals surface area contributed by atoms with E-state index in [1.54, 1.807) is 23.5 Å². The van der Waals surface area contributed by atoms with Crippen molar-refractivity contribution in [3.8, 4) is 0 Å². The average Bonchev–Trinajstić information content (AvgIpc) is 2.88. The molecule has 0 fully saturated rings. The summed E-state index contributed by atoms with van der Waals surface area (Å²) in [6, 6.07) is 6.84. The molecule has 2 aromatic rings. The fourth-order valence-electron chi connectivity index (χ4n) is 2.69. The molecule has 1 heterocycles. The number of aliphatic hydroxyl groups excluding tert-OH is 1. The lowest BCUT2D eigenvalue weighted by Crippen LogP contribution is -2.01. The molecule has 1 N–H and O–H groups in total. The van der Waals surface area contributed by atoms with E-state index in [9.17, 15) is 9.50 Å². The standard InChI is InChI=1S/C16H16ClFOS/c17-16-11(5-3-6-12(16)18)8-13(19)15-9-10-4-1-2-7-14(10)20-15/h3,5-6,9,13,19H,1-2,4,7-8H2. The van der Waals surface area contributed by atoms with Crippen LogP contribution in [0.5, 0.6) is 0 Å². The SMILES string of the molecule is OC(Cc1cccc(F)c1Cl)c1cc2c(s1)CCCC2. The molecule has 1 aromatic carbocycles. The first-order chi connectivity index (χ1) is 9.65. The number of aliphatic hydroxyl groups is 1. The van der Waals surface area contributed by atoms with E-state index >= 15 is 0 Å². The Balaban J connectivity index is 1.80. The molecular formula is C16H16ClFOS. The fraction of sp³-hybridized carbons (Fsp3) is 0.375. The van der Waals surface area contributed by atoms with Crippen LogP contribution in [0, 0.1) is 5.82 Å². The van der Waals surface area contributed by atoms with E-state index in [-0.39, 0.29) is 5.02 Å². The van der Waals surface area contributed by atoms with E-state index in [0.29, 0.717) is 12.0 Å². The number of halogens is 2. The number of hydrogen-bond acceptors (Lipinski definition) is 2. The van der Waals surface area contributed by atoms with Gasteiger partial charge in [0, 0.05) is 16.2 Å². The van der Waals surface area contributed by atoms with Gasteiger partial charge in [0.05, 0.1) is 11.1 Å². The summed E-state index contributed by atoms with van der Waals surface area (Å²) in [5.41, 5.74) is 2.03. The van der Waals surface area contributed by atoms with Crippen molar-refractivity contribution in [3.05, 3.63) is 56.0 Å². The van der Waals surface area contributed by atoms with Gasteiger partial charge >= 0.3 is 0 Å². The van der Waals surface area contributed by atoms with Gasteiger partial charge in [0.2, 0.25) is 0 Å². The lowest BCUT2D eigenvalue weighted by molar-refractivity contribution is 0.182. The molecule has 1 aromatic heterocycles. The van der Waals surface area contributed by atoms with E-state index in [0.717, 1.165) is 17.7 Å². The van der Waals surface area contributed by atoms with E-state index < -0.39 is 11.9 Å². The van der Waals surface area contributed by atoms with E-state index in [1.165, 1.54) is 29.3 Å². The van der Waals surface area contributed by atoms with Crippen molar-refractivity contribution in [3.63, 3.8) is 0 Å². The second kappa shape index (κ2) is 5.84. The zero-order valence-electron chi connectivity index (χ0n) is 11.0. The van der Waals surface area contributed by atoms with Crippen molar-refractivity contribution < 1.29 is 9.50 Å². The molecule has 0 aliphatic heterocycles. The van der Waals surface area contributed by atoms with Crippen molar-refractivity contribution in [2.24, 2.45) is 0 Å². The van der Waals surface area contributed by atoms with Gasteiger partial charge in [-0.15, -0.1) is 11.3 Å². The van der Waals surface area contributed by atoms with Crippen molar-refractivity contribution in [2.45, 2.75) is 38.2 Å². The van der Waals surface area contributed by atoms with Crippen molar-refractivity contribution in [1.29, 1.82) is 0 Å². The van der Waals surface area contributed by atoms with Gasteiger partial charge in [0.15, 0.2) is 0 Å². The lowest BCUT2D eigenvalue weighted by Gasteiger charge is -2.10. The Kier molecular flexibility index (Phi) is 4.11. The second-order valence-corrected chi connectivity index (χ2v) is 6.78. The van der Waals surface area contributed by atoms with Gasteiger partial charge in [-0.25, -0.2) is 4.39 Å². The molecule has 1 nitrogen and oxygen atoms in total. The highest BCUT2D eigenvalue weighted by Gasteiger charge is 2.19. The van der Waals surface area contributed by atoms with Crippen LogP contribution >= 0.6 is 22.9 Å². The predicted molar refractivity (Wildman–Crippen MR) is 81.0 cm³/mol. The molecule has 0 amide bonds. The molecule has 1 aliphatic rings. The largest absolute Gasteiger partial charge is 0.387 e. The minimum absolute atomic E-state index is 0.118. The summed E-state index contributed by atoms with van der Waals surface area (Å²) in [4.78, 5) is 2.37. The molecule has 1 atom stereocenters. The maximum Gasteiger partial charge on any atom is 0.142 e. The maximum absolute atomic E-state index is 13.4. The second-order valence-electron chi connectivity index (χ2n) is 5.24. The Labute approximate surface area is 127 Å². The topological polar surface area (TPSA) is 20.2 Å². The molecule has 0 saturated heterocycles. The highest BCUT2D eigenvalue weighted by molar-refractivity contribution is 7.12. The zero-order chi connectivity index (χ0) is 14.1. The molecule has 20 heavy (non-hydrogen) atoms. The average molecular weight is 311 g/mol. The first-order valence-electron chi connectivity index (χ1n) is 6.87. The molecule has 0 spiro atoms. The van der Waals surface area contributed by atoms with E-state index in [1.807, 2.05) is 0 Å². The Morgan fingerprint density at radius 2 is 2.10 bits per heavy atom. The Bertz CT molecular complexity index is 599. The molecule has 4 heteroatoms. The molecule has 0 radical (unpaired) electrons. The van der Waals surface area contributed by atoms with Crippen molar-refractivity contribution in [2.75, 3.05) is 0 Å². The summed E-state index contributed by atoms with van der Waals surface area (Å²) in [6.07, 6.45) is 4.45. The van der Waals surface area contributed by atoms with Crippen LogP contribution in [-0.4, -0.2) is 5.11 Å². The van der Waals surface area contributed by atoms with Gasteiger partial charge in [-0.1, -0.05) is 23.7 Å². The monoisotopic (exact) mass is 310 g/mol. The molecule has 0 bridgehead atoms. The van der Waals surface area contributed by atoms with Gasteiger partial charge in [0.25, 0.3) is 0 Å². The smallest absolute Gasteiger partial charge is 0.142 e. The van der Waals surface area contributed by atoms with Gasteiger partial charge in [-0.05, 0) is 48.9 Å². The third kappa shape index (κ3) is 2.76. The van der Waals surface area contributed by atoms with Gasteiger partial charge < -0.3 is 5.11 Å². The summed E-state index contributed by atoms with van der Waals surface area (Å²) >= 11 is 7.63. The first-order valence-corrected chi connectivity index (χ1v) is 8.07. The number of thiophene rings is 1. The Morgan fingerprint density at radius 3 is 2.90 bits per heavy atom. The minimum atomic E-state index is -0.607. The minimum Gasteiger partial charge on any atom is -0.387 e. The maximum atomic E-state index is 13.4. The third-order valence-electron chi connectivity index (χ3n) is 3.79. The van der Waals surface area contributed by atoms with Crippen LogP contribution in [-0.2, 0) is 19.3 Å². The van der Waals surface area contributed by atoms with Gasteiger partial charge in [0.1, 0.15) is 5.82 Å². The predicted octanol–water partition coefficient (Wildman–Crippen LogP) is 4.70. The summed E-state index contributed by atoms with van der Waals surface area (Å²) in [6.45, 7) is 0. The van der Waals surface area contributed by atoms with Crippen molar-refractivity contribution >= 4 is 22.9 Å². The van der Waals surface area contributed by atoms with Crippen LogP contribution in [0.15, 0.2) is 24.3 Å². The van der Waals surface area contributed by atoms with Crippen LogP contribution in [0.1, 0.15) is 39.8 Å². The summed E-state index contributed by atoms with van der Waals surface area (Å²) in [7, 11) is 0. The Morgan fingerprint density at radius 1 is 1.30 bits per heavy atom. The molecule has 1 unspecified atom stereocenters. The summed E-state index contributed by atoms with van der Waals surface area (Å²) < 4.78 is 13.4. The molecule has 3 rings (SSSR count). The van der Waals surface area contributed by atoms with E-state index in [2.05, 4.69) is 6.07 Å². The normalized spacial score (nSPS) is 15.9. The number of benzene rings is 1. The highest BCUT2D eigenvalue weighted by Crippen LogP contribution is 2.35. The van der Waals surface area contributed by atoms with Crippen molar-refractivity contribution in [1.82, 2.24) is 0 Å².